The van der Waals surface area contributed by atoms with Crippen molar-refractivity contribution in [3.8, 4) is 0 Å². The number of nitrogens with one attached hydrogen (secondary N) is 2. The number of rotatable bonds is 10. The highest BCUT2D eigenvalue weighted by atomic mass is 16.5. The molecule has 0 atom stereocenters. The number of aromatic amines is 2. The first-order chi connectivity index (χ1) is 13.9. The molecule has 2 aromatic rings. The molecule has 0 amide bonds. The van der Waals surface area contributed by atoms with Crippen molar-refractivity contribution in [3.63, 3.8) is 0 Å². The summed E-state index contributed by atoms with van der Waals surface area (Å²) in [7, 11) is 0. The van der Waals surface area contributed by atoms with E-state index in [9.17, 15) is 9.59 Å². The standard InChI is InChI=1S/C23H34N2O4/c1-7-11-16-14(5)20(22(26)28-9-3)24-18(16)13-19-17(12-8-2)15(6)21(25-19)23(27)29-10-4/h24-25H,7-13H2,1-6H3. The fraction of sp³-hybridized carbons (Fsp3) is 0.565. The summed E-state index contributed by atoms with van der Waals surface area (Å²) in [5.74, 6) is -0.644. The van der Waals surface area contributed by atoms with Gasteiger partial charge in [0.05, 0.1) is 13.2 Å². The first-order valence-corrected chi connectivity index (χ1v) is 10.6. The molecule has 2 N–H and O–H groups in total. The number of hydrogen-bond acceptors (Lipinski definition) is 4. The molecule has 0 bridgehead atoms. The second kappa shape index (κ2) is 10.3. The monoisotopic (exact) mass is 402 g/mol. The van der Waals surface area contributed by atoms with E-state index in [4.69, 9.17) is 9.47 Å². The number of H-pyrrole nitrogens is 2. The van der Waals surface area contributed by atoms with Gasteiger partial charge in [0.15, 0.2) is 0 Å². The van der Waals surface area contributed by atoms with Crippen molar-refractivity contribution in [1.29, 1.82) is 0 Å². The molecule has 0 fully saturated rings. The lowest BCUT2D eigenvalue weighted by molar-refractivity contribution is 0.0510. The van der Waals surface area contributed by atoms with Crippen molar-refractivity contribution in [2.45, 2.75) is 73.6 Å². The minimum absolute atomic E-state index is 0.322. The number of ether oxygens (including phenoxy) is 2. The van der Waals surface area contributed by atoms with E-state index in [0.29, 0.717) is 31.0 Å². The van der Waals surface area contributed by atoms with Crippen LogP contribution < -0.4 is 0 Å². The zero-order chi connectivity index (χ0) is 21.6. The summed E-state index contributed by atoms with van der Waals surface area (Å²) in [5.41, 5.74) is 7.26. The predicted octanol–water partition coefficient (Wildman–Crippen LogP) is 4.81. The topological polar surface area (TPSA) is 84.2 Å². The van der Waals surface area contributed by atoms with Crippen LogP contribution in [0.5, 0.6) is 0 Å². The summed E-state index contributed by atoms with van der Waals surface area (Å²) in [6, 6.07) is 0. The third kappa shape index (κ3) is 4.92. The van der Waals surface area contributed by atoms with Crippen LogP contribution in [-0.2, 0) is 28.7 Å². The third-order valence-corrected chi connectivity index (χ3v) is 5.25. The molecule has 0 aliphatic heterocycles. The Morgan fingerprint density at radius 3 is 1.41 bits per heavy atom. The van der Waals surface area contributed by atoms with Gasteiger partial charge in [-0.2, -0.15) is 0 Å². The van der Waals surface area contributed by atoms with E-state index in [2.05, 4.69) is 23.8 Å². The van der Waals surface area contributed by atoms with Gasteiger partial charge in [-0.3, -0.25) is 0 Å². The Morgan fingerprint density at radius 1 is 0.724 bits per heavy atom. The highest BCUT2D eigenvalue weighted by Gasteiger charge is 2.24. The van der Waals surface area contributed by atoms with Crippen LogP contribution in [0.2, 0.25) is 0 Å². The lowest BCUT2D eigenvalue weighted by atomic mass is 9.99. The second-order valence-electron chi connectivity index (χ2n) is 7.28. The molecule has 0 aliphatic rings. The molecule has 0 saturated carbocycles. The van der Waals surface area contributed by atoms with Crippen LogP contribution in [0.3, 0.4) is 0 Å². The smallest absolute Gasteiger partial charge is 0.355 e. The highest BCUT2D eigenvalue weighted by molar-refractivity contribution is 5.90. The van der Waals surface area contributed by atoms with Gasteiger partial charge < -0.3 is 19.4 Å². The van der Waals surface area contributed by atoms with Crippen LogP contribution >= 0.6 is 0 Å². The van der Waals surface area contributed by atoms with Crippen molar-refractivity contribution >= 4 is 11.9 Å². The highest BCUT2D eigenvalue weighted by Crippen LogP contribution is 2.27. The molecule has 0 aliphatic carbocycles. The maximum absolute atomic E-state index is 12.4. The first-order valence-electron chi connectivity index (χ1n) is 10.6. The fourth-order valence-electron chi connectivity index (χ4n) is 3.86. The summed E-state index contributed by atoms with van der Waals surface area (Å²) >= 11 is 0. The van der Waals surface area contributed by atoms with E-state index >= 15 is 0 Å². The Kier molecular flexibility index (Phi) is 8.11. The van der Waals surface area contributed by atoms with Crippen molar-refractivity contribution in [1.82, 2.24) is 9.97 Å². The van der Waals surface area contributed by atoms with E-state index in [1.807, 2.05) is 13.8 Å². The van der Waals surface area contributed by atoms with Crippen LogP contribution in [0.4, 0.5) is 0 Å². The summed E-state index contributed by atoms with van der Waals surface area (Å²) in [6.45, 7) is 12.5. The number of carbonyl (C=O) groups excluding carboxylic acids is 2. The van der Waals surface area contributed by atoms with E-state index < -0.39 is 0 Å². The lowest BCUT2D eigenvalue weighted by Gasteiger charge is -2.07. The van der Waals surface area contributed by atoms with Crippen LogP contribution in [0.1, 0.15) is 95.2 Å². The van der Waals surface area contributed by atoms with Gasteiger partial charge in [0.25, 0.3) is 0 Å². The summed E-state index contributed by atoms with van der Waals surface area (Å²) in [5, 5.41) is 0. The van der Waals surface area contributed by atoms with Gasteiger partial charge in [0.1, 0.15) is 11.4 Å². The van der Waals surface area contributed by atoms with Crippen LogP contribution in [0, 0.1) is 13.8 Å². The maximum atomic E-state index is 12.4. The van der Waals surface area contributed by atoms with E-state index in [1.54, 1.807) is 13.8 Å². The minimum atomic E-state index is -0.322. The Morgan fingerprint density at radius 2 is 1.10 bits per heavy atom. The Labute approximate surface area is 173 Å². The average molecular weight is 403 g/mol. The second-order valence-corrected chi connectivity index (χ2v) is 7.28. The van der Waals surface area contributed by atoms with Crippen LogP contribution in [0.25, 0.3) is 0 Å². The summed E-state index contributed by atoms with van der Waals surface area (Å²) < 4.78 is 10.4. The molecule has 2 heterocycles. The fourth-order valence-corrected chi connectivity index (χ4v) is 3.86. The third-order valence-electron chi connectivity index (χ3n) is 5.25. The van der Waals surface area contributed by atoms with Crippen LogP contribution in [0.15, 0.2) is 0 Å². The summed E-state index contributed by atoms with van der Waals surface area (Å²) in [6.07, 6.45) is 4.32. The molecule has 6 heteroatoms. The SMILES string of the molecule is CCCc1c(Cc2[nH]c(C(=O)OCC)c(C)c2CCC)[nH]c(C(=O)OCC)c1C. The van der Waals surface area contributed by atoms with Crippen molar-refractivity contribution in [3.05, 3.63) is 45.0 Å². The van der Waals surface area contributed by atoms with E-state index in [1.165, 1.54) is 0 Å². The predicted molar refractivity (Wildman–Crippen MR) is 114 cm³/mol. The molecule has 6 nitrogen and oxygen atoms in total. The van der Waals surface area contributed by atoms with E-state index in [-0.39, 0.29) is 11.9 Å². The van der Waals surface area contributed by atoms with Crippen LogP contribution in [-0.4, -0.2) is 35.1 Å². The Bertz CT molecular complexity index is 791. The molecular formula is C23H34N2O4. The number of esters is 2. The Balaban J connectivity index is 2.49. The lowest BCUT2D eigenvalue weighted by Crippen LogP contribution is -2.07. The first kappa shape index (κ1) is 22.8. The van der Waals surface area contributed by atoms with Gasteiger partial charge in [-0.25, -0.2) is 9.59 Å². The zero-order valence-corrected chi connectivity index (χ0v) is 18.6. The van der Waals surface area contributed by atoms with Gasteiger partial charge in [-0.1, -0.05) is 26.7 Å². The molecule has 0 spiro atoms. The van der Waals surface area contributed by atoms with Crippen molar-refractivity contribution < 1.29 is 19.1 Å². The molecular weight excluding hydrogens is 368 g/mol. The molecule has 0 unspecified atom stereocenters. The van der Waals surface area contributed by atoms with Crippen molar-refractivity contribution in [2.75, 3.05) is 13.2 Å². The van der Waals surface area contributed by atoms with Gasteiger partial charge in [0.2, 0.25) is 0 Å². The largest absolute Gasteiger partial charge is 0.461 e. The van der Waals surface area contributed by atoms with E-state index in [0.717, 1.165) is 59.3 Å². The normalized spacial score (nSPS) is 11.0. The molecule has 2 aromatic heterocycles. The average Bonchev–Trinajstić information content (AvgIpc) is 3.15. The van der Waals surface area contributed by atoms with Gasteiger partial charge in [-0.05, 0) is 62.8 Å². The minimum Gasteiger partial charge on any atom is -0.461 e. The maximum Gasteiger partial charge on any atom is 0.355 e. The Hall–Kier alpha value is -2.50. The quantitative estimate of drug-likeness (QED) is 0.559. The number of hydrogen-bond donors (Lipinski definition) is 2. The molecule has 2 rings (SSSR count). The molecule has 0 radical (unpaired) electrons. The molecule has 0 aromatic carbocycles. The van der Waals surface area contributed by atoms with Gasteiger partial charge in [-0.15, -0.1) is 0 Å². The van der Waals surface area contributed by atoms with Gasteiger partial charge in [0, 0.05) is 17.8 Å². The molecule has 160 valence electrons. The zero-order valence-electron chi connectivity index (χ0n) is 18.6. The number of carbonyl (C=O) groups is 2. The molecule has 0 saturated heterocycles. The number of aromatic nitrogens is 2. The van der Waals surface area contributed by atoms with Gasteiger partial charge >= 0.3 is 11.9 Å². The molecule has 29 heavy (non-hydrogen) atoms. The van der Waals surface area contributed by atoms with Crippen molar-refractivity contribution in [2.24, 2.45) is 0 Å². The summed E-state index contributed by atoms with van der Waals surface area (Å²) in [4.78, 5) is 31.3.